The van der Waals surface area contributed by atoms with Crippen molar-refractivity contribution in [1.29, 1.82) is 10.5 Å². The van der Waals surface area contributed by atoms with Gasteiger partial charge in [0.25, 0.3) is 11.8 Å². The van der Waals surface area contributed by atoms with E-state index in [1.165, 1.54) is 0 Å². The Bertz CT molecular complexity index is 3360. The van der Waals surface area contributed by atoms with Gasteiger partial charge in [0.15, 0.2) is 11.3 Å². The van der Waals surface area contributed by atoms with Crippen LogP contribution in [0.1, 0.15) is 72.1 Å². The lowest BCUT2D eigenvalue weighted by Gasteiger charge is -2.25. The third-order valence-electron chi connectivity index (χ3n) is 13.2. The van der Waals surface area contributed by atoms with E-state index < -0.39 is 8.07 Å². The molecule has 0 radical (unpaired) electrons. The summed E-state index contributed by atoms with van der Waals surface area (Å²) in [6, 6.07) is 16.9. The van der Waals surface area contributed by atoms with Gasteiger partial charge in [-0.15, -0.1) is 0 Å². The number of halogens is 2. The molecule has 2 saturated carbocycles. The first-order valence-electron chi connectivity index (χ1n) is 23.6. The zero-order valence-electron chi connectivity index (χ0n) is 39.8. The number of nitrogens with zero attached hydrogens (tertiary/aromatic N) is 11. The van der Waals surface area contributed by atoms with Crippen LogP contribution in [-0.4, -0.2) is 87.6 Å². The summed E-state index contributed by atoms with van der Waals surface area (Å²) in [7, 11) is 2.48. The lowest BCUT2D eigenvalue weighted by molar-refractivity contribution is 0.0886. The minimum atomic E-state index is -1.23. The third-order valence-corrected chi connectivity index (χ3v) is 15.3. The Morgan fingerprint density at radius 3 is 1.89 bits per heavy atom. The predicted molar refractivity (Wildman–Crippen MR) is 273 cm³/mol. The third kappa shape index (κ3) is 10.4. The van der Waals surface area contributed by atoms with Gasteiger partial charge in [0.2, 0.25) is 0 Å². The van der Waals surface area contributed by atoms with Crippen molar-refractivity contribution in [3.63, 3.8) is 0 Å². The van der Waals surface area contributed by atoms with Gasteiger partial charge in [-0.25, -0.2) is 19.9 Å². The van der Waals surface area contributed by atoms with E-state index in [1.54, 1.807) is 34.2 Å². The van der Waals surface area contributed by atoms with E-state index in [0.29, 0.717) is 85.7 Å². The summed E-state index contributed by atoms with van der Waals surface area (Å²) in [5.74, 6) is -0.450. The quantitative estimate of drug-likeness (QED) is 0.0817. The summed E-state index contributed by atoms with van der Waals surface area (Å²) >= 11 is 12.3. The van der Waals surface area contributed by atoms with Gasteiger partial charge in [0.1, 0.15) is 40.5 Å². The van der Waals surface area contributed by atoms with Crippen LogP contribution in [0.4, 0.5) is 0 Å². The Kier molecular flexibility index (Phi) is 14.0. The molecular formula is C50H54Cl2N14O3Si. The molecule has 6 aromatic heterocycles. The summed E-state index contributed by atoms with van der Waals surface area (Å²) in [5.41, 5.74) is 7.27. The van der Waals surface area contributed by atoms with E-state index in [0.717, 1.165) is 66.4 Å². The lowest BCUT2D eigenvalue weighted by atomic mass is 9.86. The largest absolute Gasteiger partial charge is 0.361 e. The number of carbonyl (C=O) groups excluding carboxylic acids is 2. The Balaban J connectivity index is 0.000000178. The second-order valence-electron chi connectivity index (χ2n) is 19.5. The van der Waals surface area contributed by atoms with Crippen LogP contribution in [-0.2, 0) is 25.6 Å². The summed E-state index contributed by atoms with van der Waals surface area (Å²) in [5, 5.41) is 37.1. The lowest BCUT2D eigenvalue weighted by Crippen LogP contribution is -2.38. The molecular weight excluding hydrogens is 944 g/mol. The number of nitrogens with one attached hydrogen (secondary N) is 3. The van der Waals surface area contributed by atoms with Crippen LogP contribution in [0.3, 0.4) is 0 Å². The van der Waals surface area contributed by atoms with Gasteiger partial charge in [0.05, 0.1) is 46.7 Å². The zero-order chi connectivity index (χ0) is 49.3. The van der Waals surface area contributed by atoms with Crippen LogP contribution >= 0.6 is 23.2 Å². The molecule has 2 aliphatic rings. The standard InChI is InChI=1S/C28H34ClN7O2Si.C22H20ClN7O/c1-35-24-13-19(29)8-9-21(24)25(34-35)23-15-31-27-26(33-23)22(16-36(27)17-38-10-11-39(2,3)4)28(37)32-20-7-5-6-18(12-20)14-30;1-30-18-8-13(23)5-6-15(18)19(29-30)17-11-26-21-20(28-17)16(10-25-21)22(31)27-14-4-2-3-12(7-14)9-24/h8-9,13,15-16,18,20H,5-7,10-12,17H2,1-4H3,(H,32,37);5-6,8,10-12,14H,2-4,7H2,1H3,(H,25,26)(H,27,31)/t18-,20-;12-,14-/m00/s1. The molecule has 8 aromatic rings. The van der Waals surface area contributed by atoms with Gasteiger partial charge in [-0.2, -0.15) is 20.7 Å². The summed E-state index contributed by atoms with van der Waals surface area (Å²) in [6.45, 7) is 7.88. The van der Waals surface area contributed by atoms with Crippen molar-refractivity contribution in [2.24, 2.45) is 25.9 Å². The van der Waals surface area contributed by atoms with Gasteiger partial charge in [-0.3, -0.25) is 19.0 Å². The maximum absolute atomic E-state index is 13.6. The van der Waals surface area contributed by atoms with Crippen molar-refractivity contribution in [1.82, 2.24) is 59.7 Å². The molecule has 17 nitrogen and oxygen atoms in total. The number of hydrogen-bond donors (Lipinski definition) is 3. The van der Waals surface area contributed by atoms with Crippen molar-refractivity contribution in [2.45, 2.75) is 95.9 Å². The molecule has 70 heavy (non-hydrogen) atoms. The van der Waals surface area contributed by atoms with Crippen molar-refractivity contribution < 1.29 is 14.3 Å². The molecule has 20 heteroatoms. The number of H-pyrrole nitrogens is 1. The minimum absolute atomic E-state index is 0.000599. The highest BCUT2D eigenvalue weighted by Crippen LogP contribution is 2.33. The Labute approximate surface area is 415 Å². The summed E-state index contributed by atoms with van der Waals surface area (Å²) in [6.07, 6.45) is 13.5. The maximum atomic E-state index is 13.6. The molecule has 10 rings (SSSR count). The Morgan fingerprint density at radius 2 is 1.33 bits per heavy atom. The van der Waals surface area contributed by atoms with E-state index in [2.05, 4.69) is 62.6 Å². The first-order chi connectivity index (χ1) is 33.7. The fraction of sp³-hybridized carbons (Fsp3) is 0.400. The number of carbonyl (C=O) groups is 2. The van der Waals surface area contributed by atoms with Crippen LogP contribution < -0.4 is 10.6 Å². The number of ether oxygens (including phenoxy) is 1. The Morgan fingerprint density at radius 1 is 0.786 bits per heavy atom. The topological polar surface area (TPSA) is 223 Å². The molecule has 4 atom stereocenters. The molecule has 2 aliphatic carbocycles. The second-order valence-corrected chi connectivity index (χ2v) is 26.0. The molecule has 2 aromatic carbocycles. The van der Waals surface area contributed by atoms with Crippen LogP contribution in [0.25, 0.3) is 66.9 Å². The maximum Gasteiger partial charge on any atom is 0.255 e. The summed E-state index contributed by atoms with van der Waals surface area (Å²) < 4.78 is 11.4. The van der Waals surface area contributed by atoms with Crippen molar-refractivity contribution in [3.05, 3.63) is 82.4 Å². The highest BCUT2D eigenvalue weighted by atomic mass is 35.5. The molecule has 360 valence electrons. The number of benzene rings is 2. The second kappa shape index (κ2) is 20.3. The van der Waals surface area contributed by atoms with Crippen LogP contribution in [0.2, 0.25) is 35.7 Å². The van der Waals surface area contributed by atoms with Gasteiger partial charge in [-0.1, -0.05) is 55.7 Å². The Hall–Kier alpha value is -6.70. The summed E-state index contributed by atoms with van der Waals surface area (Å²) in [4.78, 5) is 48.4. The van der Waals surface area contributed by atoms with Crippen LogP contribution in [0, 0.1) is 34.5 Å². The molecule has 2 amide bonds. The fourth-order valence-corrected chi connectivity index (χ4v) is 10.5. The van der Waals surface area contributed by atoms with E-state index >= 15 is 0 Å². The molecule has 3 N–H and O–H groups in total. The number of rotatable bonds is 11. The van der Waals surface area contributed by atoms with E-state index in [4.69, 9.17) is 42.9 Å². The molecule has 0 unspecified atom stereocenters. The van der Waals surface area contributed by atoms with Gasteiger partial charge in [0, 0.05) is 85.9 Å². The molecule has 0 aliphatic heterocycles. The number of aromatic nitrogens is 10. The van der Waals surface area contributed by atoms with Gasteiger partial charge >= 0.3 is 0 Å². The molecule has 6 heterocycles. The zero-order valence-corrected chi connectivity index (χ0v) is 42.3. The smallest absolute Gasteiger partial charge is 0.255 e. The highest BCUT2D eigenvalue weighted by Gasteiger charge is 2.28. The molecule has 2 fully saturated rings. The first kappa shape index (κ1) is 48.3. The average molecular weight is 998 g/mol. The molecule has 0 saturated heterocycles. The van der Waals surface area contributed by atoms with E-state index in [1.807, 2.05) is 55.1 Å². The number of fused-ring (bicyclic) bond motifs is 4. The number of hydrogen-bond acceptors (Lipinski definition) is 11. The molecule has 0 bridgehead atoms. The van der Waals surface area contributed by atoms with Crippen molar-refractivity contribution in [2.75, 3.05) is 6.61 Å². The van der Waals surface area contributed by atoms with Crippen molar-refractivity contribution >= 4 is 87.2 Å². The number of aryl methyl sites for hydroxylation is 2. The van der Waals surface area contributed by atoms with Gasteiger partial charge in [-0.05, 0) is 81.0 Å². The van der Waals surface area contributed by atoms with E-state index in [-0.39, 0.29) is 42.5 Å². The normalized spacial score (nSPS) is 18.4. The predicted octanol–water partition coefficient (Wildman–Crippen LogP) is 9.74. The highest BCUT2D eigenvalue weighted by molar-refractivity contribution is 6.76. The monoisotopic (exact) mass is 996 g/mol. The van der Waals surface area contributed by atoms with E-state index in [9.17, 15) is 20.1 Å². The van der Waals surface area contributed by atoms with Crippen LogP contribution in [0.15, 0.2) is 61.2 Å². The number of amides is 2. The average Bonchev–Trinajstić information content (AvgIpc) is 4.11. The minimum Gasteiger partial charge on any atom is -0.361 e. The fourth-order valence-electron chi connectivity index (χ4n) is 9.39. The molecule has 0 spiro atoms. The van der Waals surface area contributed by atoms with Crippen LogP contribution in [0.5, 0.6) is 0 Å². The first-order valence-corrected chi connectivity index (χ1v) is 28.1. The SMILES string of the molecule is Cn1nc(-c2cnc3[nH]cc(C(=O)N[C@H]4CCC[C@H](C#N)C4)c3n2)c2ccc(Cl)cc21.Cn1nc(-c2cnc3c(n2)c(C(=O)N[C@H]2CCC[C@H](C#N)C2)cn3COCC[Si](C)(C)C)c2ccc(Cl)cc21. The number of nitriles is 2. The van der Waals surface area contributed by atoms with Gasteiger partial charge < -0.3 is 24.9 Å². The van der Waals surface area contributed by atoms with Crippen molar-refractivity contribution in [3.8, 4) is 34.9 Å². The number of aromatic amines is 1.